The van der Waals surface area contributed by atoms with Gasteiger partial charge in [0, 0.05) is 5.57 Å². The van der Waals surface area contributed by atoms with E-state index in [9.17, 15) is 4.79 Å². The second kappa shape index (κ2) is 36.4. The average Bonchev–Trinajstić information content (AvgIpc) is 3.00. The molecular formula is C40H78O2. The van der Waals surface area contributed by atoms with Crippen molar-refractivity contribution in [1.29, 1.82) is 0 Å². The van der Waals surface area contributed by atoms with Crippen molar-refractivity contribution < 1.29 is 9.53 Å². The van der Waals surface area contributed by atoms with Gasteiger partial charge in [0.1, 0.15) is 0 Å². The molecule has 0 fully saturated rings. The summed E-state index contributed by atoms with van der Waals surface area (Å²) < 4.78 is 5.50. The lowest BCUT2D eigenvalue weighted by atomic mass is 10.0. The Balaban J connectivity index is 3.32. The molecule has 0 saturated heterocycles. The van der Waals surface area contributed by atoms with E-state index in [0.717, 1.165) is 18.4 Å². The lowest BCUT2D eigenvalue weighted by Crippen LogP contribution is -2.07. The topological polar surface area (TPSA) is 26.3 Å². The first-order chi connectivity index (χ1) is 20.7. The van der Waals surface area contributed by atoms with Gasteiger partial charge < -0.3 is 4.74 Å². The molecule has 0 aromatic heterocycles. The van der Waals surface area contributed by atoms with E-state index >= 15 is 0 Å². The fourth-order valence-electron chi connectivity index (χ4n) is 6.02. The zero-order valence-corrected chi connectivity index (χ0v) is 29.4. The number of carbonyl (C=O) groups excluding carboxylic acids is 1. The van der Waals surface area contributed by atoms with Crippen LogP contribution in [-0.2, 0) is 9.53 Å². The normalized spacial score (nSPS) is 11.8. The van der Waals surface area contributed by atoms with E-state index in [1.54, 1.807) is 0 Å². The molecule has 0 atom stereocenters. The minimum absolute atomic E-state index is 0.104. The first-order valence-corrected chi connectivity index (χ1v) is 19.6. The third kappa shape index (κ3) is 33.7. The van der Waals surface area contributed by atoms with Gasteiger partial charge in [0.05, 0.1) is 6.61 Å². The average molecular weight is 591 g/mol. The first-order valence-electron chi connectivity index (χ1n) is 19.6. The highest BCUT2D eigenvalue weighted by Gasteiger charge is 2.05. The largest absolute Gasteiger partial charge is 0.462 e. The van der Waals surface area contributed by atoms with Gasteiger partial charge in [-0.2, -0.15) is 0 Å². The second-order valence-electron chi connectivity index (χ2n) is 13.4. The second-order valence-corrected chi connectivity index (χ2v) is 13.4. The van der Waals surface area contributed by atoms with Crippen molar-refractivity contribution in [2.24, 2.45) is 0 Å². The maximum atomic E-state index is 12.2. The van der Waals surface area contributed by atoms with Crippen LogP contribution >= 0.6 is 0 Å². The van der Waals surface area contributed by atoms with E-state index in [-0.39, 0.29) is 5.97 Å². The van der Waals surface area contributed by atoms with Crippen molar-refractivity contribution in [3.63, 3.8) is 0 Å². The lowest BCUT2D eigenvalue weighted by molar-refractivity contribution is -0.139. The van der Waals surface area contributed by atoms with E-state index in [1.807, 2.05) is 6.92 Å². The molecule has 0 unspecified atom stereocenters. The minimum atomic E-state index is -0.104. The van der Waals surface area contributed by atoms with Crippen LogP contribution in [0.3, 0.4) is 0 Å². The van der Waals surface area contributed by atoms with Crippen molar-refractivity contribution in [3.8, 4) is 0 Å². The molecular weight excluding hydrogens is 512 g/mol. The number of hydrogen-bond acceptors (Lipinski definition) is 2. The minimum Gasteiger partial charge on any atom is -0.462 e. The van der Waals surface area contributed by atoms with Crippen LogP contribution in [0.15, 0.2) is 11.6 Å². The fourth-order valence-corrected chi connectivity index (χ4v) is 6.02. The van der Waals surface area contributed by atoms with E-state index < -0.39 is 0 Å². The van der Waals surface area contributed by atoms with Gasteiger partial charge in [-0.3, -0.25) is 0 Å². The van der Waals surface area contributed by atoms with E-state index in [1.165, 1.54) is 199 Å². The van der Waals surface area contributed by atoms with Crippen LogP contribution in [0.25, 0.3) is 0 Å². The Labute approximate surface area is 266 Å². The molecule has 0 heterocycles. The first kappa shape index (κ1) is 41.2. The molecule has 0 rings (SSSR count). The van der Waals surface area contributed by atoms with Gasteiger partial charge >= 0.3 is 5.97 Å². The number of carbonyl (C=O) groups is 1. The molecule has 250 valence electrons. The monoisotopic (exact) mass is 591 g/mol. The summed E-state index contributed by atoms with van der Waals surface area (Å²) in [6.45, 7) is 7.09. The van der Waals surface area contributed by atoms with Crippen LogP contribution in [0.1, 0.15) is 233 Å². The van der Waals surface area contributed by atoms with E-state index in [2.05, 4.69) is 19.9 Å². The van der Waals surface area contributed by atoms with Gasteiger partial charge in [-0.05, 0) is 26.2 Å². The van der Waals surface area contributed by atoms with Gasteiger partial charge in [-0.25, -0.2) is 4.79 Å². The van der Waals surface area contributed by atoms with Gasteiger partial charge in [0.2, 0.25) is 0 Å². The highest BCUT2D eigenvalue weighted by atomic mass is 16.5. The Bertz CT molecular complexity index is 552. The molecule has 0 aliphatic heterocycles. The van der Waals surface area contributed by atoms with Crippen LogP contribution < -0.4 is 0 Å². The lowest BCUT2D eigenvalue weighted by Gasteiger charge is -2.06. The Morgan fingerprint density at radius 3 is 0.976 bits per heavy atom. The Morgan fingerprint density at radius 1 is 0.405 bits per heavy atom. The molecule has 0 aromatic rings. The highest BCUT2D eigenvalue weighted by molar-refractivity contribution is 5.87. The fraction of sp³-hybridized carbons (Fsp3) is 0.925. The summed E-state index contributed by atoms with van der Waals surface area (Å²) in [6.07, 6.45) is 47.3. The highest BCUT2D eigenvalue weighted by Crippen LogP contribution is 2.16. The van der Waals surface area contributed by atoms with Crippen LogP contribution in [0.4, 0.5) is 0 Å². The summed E-state index contributed by atoms with van der Waals surface area (Å²) in [5.41, 5.74) is 0.798. The molecule has 2 nitrogen and oxygen atoms in total. The summed E-state index contributed by atoms with van der Waals surface area (Å²) in [4.78, 5) is 12.2. The number of hydrogen-bond donors (Lipinski definition) is 0. The van der Waals surface area contributed by atoms with Crippen molar-refractivity contribution in [2.75, 3.05) is 6.61 Å². The number of unbranched alkanes of at least 4 members (excludes halogenated alkanes) is 31. The summed E-state index contributed by atoms with van der Waals surface area (Å²) in [7, 11) is 0. The third-order valence-corrected chi connectivity index (χ3v) is 9.06. The third-order valence-electron chi connectivity index (χ3n) is 9.06. The van der Waals surface area contributed by atoms with Gasteiger partial charge in [0.15, 0.2) is 0 Å². The molecule has 0 saturated carbocycles. The van der Waals surface area contributed by atoms with Crippen molar-refractivity contribution in [2.45, 2.75) is 233 Å². The molecule has 0 amide bonds. The Hall–Kier alpha value is -0.790. The maximum Gasteiger partial charge on any atom is 0.333 e. The van der Waals surface area contributed by atoms with E-state index in [0.29, 0.717) is 6.61 Å². The van der Waals surface area contributed by atoms with Crippen molar-refractivity contribution >= 4 is 5.97 Å². The SMILES string of the molecule is CCCCCCCCCCCCCCCCC=C(C)C(=O)OCCCCCCCCCCCCCCCCCCCC. The number of ether oxygens (including phenoxy) is 1. The molecule has 0 bridgehead atoms. The molecule has 2 heteroatoms. The molecule has 0 aliphatic rings. The summed E-state index contributed by atoms with van der Waals surface area (Å²) in [5.74, 6) is -0.104. The van der Waals surface area contributed by atoms with Crippen LogP contribution in [0, 0.1) is 0 Å². The quantitative estimate of drug-likeness (QED) is 0.0417. The Kier molecular flexibility index (Phi) is 35.7. The summed E-state index contributed by atoms with van der Waals surface area (Å²) in [6, 6.07) is 0. The summed E-state index contributed by atoms with van der Waals surface area (Å²) in [5, 5.41) is 0. The summed E-state index contributed by atoms with van der Waals surface area (Å²) >= 11 is 0. The van der Waals surface area contributed by atoms with Gasteiger partial charge in [-0.1, -0.05) is 213 Å². The van der Waals surface area contributed by atoms with Crippen LogP contribution in [0.5, 0.6) is 0 Å². The standard InChI is InChI=1S/C40H78O2/c1-4-6-8-10-12-14-16-18-20-21-22-24-26-28-30-32-34-36-38-42-40(41)39(3)37-35-33-31-29-27-25-23-19-17-15-13-11-9-7-5-2/h37H,4-36,38H2,1-3H3. The molecule has 0 aromatic carbocycles. The predicted molar refractivity (Wildman–Crippen MR) is 188 cm³/mol. The van der Waals surface area contributed by atoms with Crippen molar-refractivity contribution in [3.05, 3.63) is 11.6 Å². The number of allylic oxidation sites excluding steroid dienone is 1. The molecule has 42 heavy (non-hydrogen) atoms. The smallest absolute Gasteiger partial charge is 0.333 e. The van der Waals surface area contributed by atoms with Crippen molar-refractivity contribution in [1.82, 2.24) is 0 Å². The maximum absolute atomic E-state index is 12.2. The number of esters is 1. The zero-order valence-electron chi connectivity index (χ0n) is 29.4. The Morgan fingerprint density at radius 2 is 0.667 bits per heavy atom. The molecule has 0 spiro atoms. The van der Waals surface area contributed by atoms with E-state index in [4.69, 9.17) is 4.74 Å². The molecule has 0 aliphatic carbocycles. The van der Waals surface area contributed by atoms with Crippen LogP contribution in [0.2, 0.25) is 0 Å². The number of rotatable bonds is 35. The zero-order chi connectivity index (χ0) is 30.6. The molecule has 0 N–H and O–H groups in total. The molecule has 0 radical (unpaired) electrons. The van der Waals surface area contributed by atoms with Gasteiger partial charge in [-0.15, -0.1) is 0 Å². The van der Waals surface area contributed by atoms with Crippen LogP contribution in [-0.4, -0.2) is 12.6 Å². The van der Waals surface area contributed by atoms with Gasteiger partial charge in [0.25, 0.3) is 0 Å². The predicted octanol–water partition coefficient (Wildman–Crippen LogP) is 14.4.